The van der Waals surface area contributed by atoms with Crippen molar-refractivity contribution in [3.8, 4) is 11.5 Å². The topological polar surface area (TPSA) is 59.1 Å². The Balaban J connectivity index is 1.55. The second-order valence-electron chi connectivity index (χ2n) is 9.53. The average molecular weight is 541 g/mol. The first kappa shape index (κ1) is 27.0. The third-order valence-corrected chi connectivity index (χ3v) is 7.77. The Hall–Kier alpha value is -3.03. The van der Waals surface area contributed by atoms with Gasteiger partial charge in [0.1, 0.15) is 13.2 Å². The molecule has 0 saturated heterocycles. The first-order valence-corrected chi connectivity index (χ1v) is 13.8. The van der Waals surface area contributed by atoms with Crippen LogP contribution >= 0.6 is 22.9 Å². The monoisotopic (exact) mass is 540 g/mol. The average Bonchev–Trinajstić information content (AvgIpc) is 3.38. The van der Waals surface area contributed by atoms with Gasteiger partial charge in [-0.1, -0.05) is 43.6 Å². The van der Waals surface area contributed by atoms with Crippen molar-refractivity contribution in [2.24, 2.45) is 5.92 Å². The van der Waals surface area contributed by atoms with Gasteiger partial charge in [-0.25, -0.2) is 0 Å². The van der Waals surface area contributed by atoms with Crippen LogP contribution < -0.4 is 9.47 Å². The molecule has 0 unspecified atom stereocenters. The number of amides is 2. The molecule has 0 saturated carbocycles. The van der Waals surface area contributed by atoms with Crippen molar-refractivity contribution in [3.05, 3.63) is 81.0 Å². The van der Waals surface area contributed by atoms with Gasteiger partial charge in [-0.2, -0.15) is 0 Å². The Morgan fingerprint density at radius 3 is 2.65 bits per heavy atom. The highest BCUT2D eigenvalue weighted by Crippen LogP contribution is 2.35. The number of nitrogens with zero attached hydrogens (tertiary/aromatic N) is 2. The van der Waals surface area contributed by atoms with Crippen molar-refractivity contribution >= 4 is 34.8 Å². The molecule has 2 aromatic carbocycles. The van der Waals surface area contributed by atoms with Crippen LogP contribution in [0.25, 0.3) is 0 Å². The Morgan fingerprint density at radius 1 is 1.14 bits per heavy atom. The first-order chi connectivity index (χ1) is 17.9. The number of ether oxygens (including phenoxy) is 2. The van der Waals surface area contributed by atoms with Gasteiger partial charge in [0.2, 0.25) is 5.91 Å². The number of methoxy groups -OCH3 is 1. The fraction of sp³-hybridized carbons (Fsp3) is 0.379. The van der Waals surface area contributed by atoms with E-state index in [2.05, 4.69) is 25.3 Å². The summed E-state index contributed by atoms with van der Waals surface area (Å²) in [5, 5.41) is 2.56. The van der Waals surface area contributed by atoms with Gasteiger partial charge in [-0.15, -0.1) is 11.3 Å². The summed E-state index contributed by atoms with van der Waals surface area (Å²) in [5.41, 5.74) is 1.59. The molecule has 0 fully saturated rings. The second kappa shape index (κ2) is 12.5. The van der Waals surface area contributed by atoms with Crippen molar-refractivity contribution in [1.82, 2.24) is 9.80 Å². The zero-order valence-electron chi connectivity index (χ0n) is 21.5. The summed E-state index contributed by atoms with van der Waals surface area (Å²) < 4.78 is 11.6. The van der Waals surface area contributed by atoms with Gasteiger partial charge in [0, 0.05) is 28.6 Å². The summed E-state index contributed by atoms with van der Waals surface area (Å²) in [5.74, 6) is 1.40. The third kappa shape index (κ3) is 6.65. The molecule has 0 N–H and O–H groups in total. The lowest BCUT2D eigenvalue weighted by Gasteiger charge is -2.37. The summed E-state index contributed by atoms with van der Waals surface area (Å²) in [6.45, 7) is 5.59. The van der Waals surface area contributed by atoms with E-state index in [4.69, 9.17) is 21.1 Å². The van der Waals surface area contributed by atoms with Crippen LogP contribution in [0.1, 0.15) is 47.1 Å². The maximum absolute atomic E-state index is 13.8. The predicted octanol–water partition coefficient (Wildman–Crippen LogP) is 6.10. The molecule has 2 amide bonds. The number of halogens is 1. The number of para-hydroxylation sites is 2. The molecule has 3 aromatic rings. The summed E-state index contributed by atoms with van der Waals surface area (Å²) in [6.07, 6.45) is 1.59. The normalized spacial score (nSPS) is 14.8. The summed E-state index contributed by atoms with van der Waals surface area (Å²) in [7, 11) is 1.61. The summed E-state index contributed by atoms with van der Waals surface area (Å²) >= 11 is 7.85. The Labute approximate surface area is 227 Å². The molecule has 1 aromatic heterocycles. The molecule has 0 bridgehead atoms. The molecule has 8 heteroatoms. The van der Waals surface area contributed by atoms with Crippen molar-refractivity contribution in [2.45, 2.75) is 32.7 Å². The Kier molecular flexibility index (Phi) is 9.11. The third-order valence-electron chi connectivity index (χ3n) is 6.54. The van der Waals surface area contributed by atoms with Crippen LogP contribution in [0.4, 0.5) is 0 Å². The van der Waals surface area contributed by atoms with E-state index >= 15 is 0 Å². The van der Waals surface area contributed by atoms with E-state index in [1.807, 2.05) is 29.2 Å². The van der Waals surface area contributed by atoms with Gasteiger partial charge in [0.15, 0.2) is 11.5 Å². The van der Waals surface area contributed by atoms with Gasteiger partial charge in [-0.05, 0) is 66.1 Å². The quantitative estimate of drug-likeness (QED) is 0.311. The number of fused-ring (bicyclic) bond motifs is 1. The molecular weight excluding hydrogens is 508 g/mol. The number of carbonyl (C=O) groups is 2. The van der Waals surface area contributed by atoms with Crippen LogP contribution in [0.3, 0.4) is 0 Å². The molecule has 1 aliphatic heterocycles. The number of thiophene rings is 1. The number of hydrogen-bond donors (Lipinski definition) is 0. The van der Waals surface area contributed by atoms with E-state index in [1.54, 1.807) is 47.6 Å². The molecule has 1 atom stereocenters. The van der Waals surface area contributed by atoms with Crippen molar-refractivity contribution < 1.29 is 19.1 Å². The highest BCUT2D eigenvalue weighted by Gasteiger charge is 2.34. The largest absolute Gasteiger partial charge is 0.493 e. The minimum Gasteiger partial charge on any atom is -0.493 e. The molecule has 6 nitrogen and oxygen atoms in total. The van der Waals surface area contributed by atoms with E-state index in [0.717, 1.165) is 18.4 Å². The molecule has 0 aliphatic carbocycles. The van der Waals surface area contributed by atoms with E-state index in [-0.39, 0.29) is 24.4 Å². The highest BCUT2D eigenvalue weighted by atomic mass is 35.5. The van der Waals surface area contributed by atoms with Gasteiger partial charge >= 0.3 is 0 Å². The van der Waals surface area contributed by atoms with E-state index in [0.29, 0.717) is 47.7 Å². The van der Waals surface area contributed by atoms with Gasteiger partial charge in [-0.3, -0.25) is 9.59 Å². The van der Waals surface area contributed by atoms with Crippen LogP contribution in [0.15, 0.2) is 60.0 Å². The molecule has 2 heterocycles. The van der Waals surface area contributed by atoms with Gasteiger partial charge < -0.3 is 19.3 Å². The number of carbonyl (C=O) groups excluding carboxylic acids is 2. The molecule has 1 aliphatic rings. The van der Waals surface area contributed by atoms with Crippen LogP contribution in [-0.2, 0) is 11.2 Å². The molecule has 37 heavy (non-hydrogen) atoms. The zero-order chi connectivity index (χ0) is 26.4. The summed E-state index contributed by atoms with van der Waals surface area (Å²) in [6, 6.07) is 16.2. The van der Waals surface area contributed by atoms with Crippen LogP contribution in [0, 0.1) is 5.92 Å². The second-order valence-corrected chi connectivity index (χ2v) is 11.0. The number of hydrogen-bond acceptors (Lipinski definition) is 5. The van der Waals surface area contributed by atoms with Gasteiger partial charge in [0.05, 0.1) is 13.2 Å². The van der Waals surface area contributed by atoms with Gasteiger partial charge in [0.25, 0.3) is 5.91 Å². The predicted molar refractivity (Wildman–Crippen MR) is 148 cm³/mol. The molecule has 0 spiro atoms. The summed E-state index contributed by atoms with van der Waals surface area (Å²) in [4.78, 5) is 31.9. The lowest BCUT2D eigenvalue weighted by Crippen LogP contribution is -2.48. The minimum absolute atomic E-state index is 0.00267. The molecule has 4 rings (SSSR count). The van der Waals surface area contributed by atoms with E-state index < -0.39 is 0 Å². The van der Waals surface area contributed by atoms with Crippen LogP contribution in [0.2, 0.25) is 5.02 Å². The Bertz CT molecular complexity index is 1230. The number of rotatable bonds is 10. The Morgan fingerprint density at radius 2 is 1.92 bits per heavy atom. The smallest absolute Gasteiger partial charge is 0.254 e. The van der Waals surface area contributed by atoms with Crippen molar-refractivity contribution in [2.75, 3.05) is 33.4 Å². The lowest BCUT2D eigenvalue weighted by molar-refractivity contribution is -0.135. The van der Waals surface area contributed by atoms with E-state index in [9.17, 15) is 9.59 Å². The molecule has 0 radical (unpaired) electrons. The highest BCUT2D eigenvalue weighted by molar-refractivity contribution is 7.10. The maximum atomic E-state index is 13.8. The first-order valence-electron chi connectivity index (χ1n) is 12.5. The lowest BCUT2D eigenvalue weighted by atomic mass is 10.00. The van der Waals surface area contributed by atoms with Crippen molar-refractivity contribution in [3.63, 3.8) is 0 Å². The SMILES string of the molecule is COc1ccccc1OC[C@H]1c2ccsc2CCN1C(=O)CN(CCC(C)C)C(=O)c1cccc(Cl)c1. The van der Waals surface area contributed by atoms with Crippen LogP contribution in [0.5, 0.6) is 11.5 Å². The molecule has 196 valence electrons. The fourth-order valence-electron chi connectivity index (χ4n) is 4.51. The van der Waals surface area contributed by atoms with Crippen LogP contribution in [-0.4, -0.2) is 55.0 Å². The fourth-order valence-corrected chi connectivity index (χ4v) is 5.62. The molecular formula is C29H33ClN2O4S. The number of benzene rings is 2. The standard InChI is InChI=1S/C29H33ClN2O4S/c1-20(2)11-14-31(29(34)21-7-6-8-22(30)17-21)18-28(33)32-15-12-27-23(13-16-37-27)24(32)19-36-26-10-5-4-9-25(26)35-3/h4-10,13,16-17,20,24H,11-12,14-15,18-19H2,1-3H3/t24-/m0/s1. The van der Waals surface area contributed by atoms with Crippen molar-refractivity contribution in [1.29, 1.82) is 0 Å². The maximum Gasteiger partial charge on any atom is 0.254 e. The van der Waals surface area contributed by atoms with E-state index in [1.165, 1.54) is 4.88 Å². The zero-order valence-corrected chi connectivity index (χ0v) is 23.1. The minimum atomic E-state index is -0.249.